The minimum atomic E-state index is 0.473. The highest BCUT2D eigenvalue weighted by atomic mass is 15.2. The summed E-state index contributed by atoms with van der Waals surface area (Å²) < 4.78 is 0. The highest BCUT2D eigenvalue weighted by molar-refractivity contribution is 5.46. The highest BCUT2D eigenvalue weighted by Crippen LogP contribution is 2.34. The second-order valence-corrected chi connectivity index (χ2v) is 6.80. The van der Waals surface area contributed by atoms with Gasteiger partial charge in [-0.25, -0.2) is 4.98 Å². The summed E-state index contributed by atoms with van der Waals surface area (Å²) in [5.74, 6) is 1.81. The van der Waals surface area contributed by atoms with Gasteiger partial charge in [-0.3, -0.25) is 4.90 Å². The summed E-state index contributed by atoms with van der Waals surface area (Å²) >= 11 is 0. The van der Waals surface area contributed by atoms with Gasteiger partial charge in [-0.05, 0) is 44.7 Å². The first-order chi connectivity index (χ1) is 10.1. The molecule has 0 unspecified atom stereocenters. The molecule has 1 aromatic heterocycles. The molecule has 1 N–H and O–H groups in total. The molecule has 3 nitrogen and oxygen atoms in total. The Morgan fingerprint density at radius 3 is 2.86 bits per heavy atom. The first-order valence-electron chi connectivity index (χ1n) is 8.57. The number of nitrogens with one attached hydrogen (secondary N) is 1. The Kier molecular flexibility index (Phi) is 6.04. The maximum absolute atomic E-state index is 4.62. The van der Waals surface area contributed by atoms with E-state index in [-0.39, 0.29) is 0 Å². The van der Waals surface area contributed by atoms with Crippen molar-refractivity contribution >= 4 is 5.82 Å². The molecule has 0 saturated carbocycles. The zero-order valence-electron chi connectivity index (χ0n) is 14.1. The number of anilines is 1. The number of piperidine rings is 1. The molecule has 0 amide bonds. The fourth-order valence-electron chi connectivity index (χ4n) is 3.17. The molecule has 0 bridgehead atoms. The van der Waals surface area contributed by atoms with Crippen LogP contribution < -0.4 is 5.32 Å². The van der Waals surface area contributed by atoms with Crippen LogP contribution in [0.15, 0.2) is 18.3 Å². The predicted molar refractivity (Wildman–Crippen MR) is 90.6 cm³/mol. The lowest BCUT2D eigenvalue weighted by Crippen LogP contribution is -2.36. The van der Waals surface area contributed by atoms with Gasteiger partial charge in [0.25, 0.3) is 0 Å². The fraction of sp³-hybridized carbons (Fsp3) is 0.722. The van der Waals surface area contributed by atoms with E-state index in [1.165, 1.54) is 37.9 Å². The van der Waals surface area contributed by atoms with Crippen LogP contribution in [0, 0.1) is 5.92 Å². The first kappa shape index (κ1) is 16.3. The van der Waals surface area contributed by atoms with Crippen LogP contribution in [-0.4, -0.2) is 29.0 Å². The third-order valence-corrected chi connectivity index (χ3v) is 4.41. The largest absolute Gasteiger partial charge is 0.367 e. The van der Waals surface area contributed by atoms with Crippen LogP contribution in [-0.2, 0) is 0 Å². The van der Waals surface area contributed by atoms with E-state index >= 15 is 0 Å². The molecule has 0 radical (unpaired) electrons. The molecule has 118 valence electrons. The van der Waals surface area contributed by atoms with Crippen molar-refractivity contribution in [2.75, 3.05) is 18.4 Å². The van der Waals surface area contributed by atoms with Crippen LogP contribution in [0.1, 0.15) is 65.0 Å². The molecule has 0 aliphatic carbocycles. The molecule has 1 aliphatic heterocycles. The number of rotatable bonds is 6. The number of nitrogens with zero attached hydrogens (tertiary/aromatic N) is 2. The topological polar surface area (TPSA) is 28.2 Å². The molecule has 1 fully saturated rings. The zero-order chi connectivity index (χ0) is 15.2. The van der Waals surface area contributed by atoms with Crippen LogP contribution in [0.2, 0.25) is 0 Å². The molecule has 1 aromatic rings. The Labute approximate surface area is 130 Å². The molecule has 0 aromatic carbocycles. The van der Waals surface area contributed by atoms with E-state index in [1.54, 1.807) is 0 Å². The standard InChI is InChI=1S/C18H31N3/c1-5-15(4)20-18-16(9-8-11-19-18)17-10-6-7-12-21(17)13-14(2)3/h8-9,11,14-15,17H,5-7,10,12-13H2,1-4H3,(H,19,20)/t15-,17+/m0/s1. The van der Waals surface area contributed by atoms with E-state index in [0.29, 0.717) is 18.0 Å². The molecular formula is C18H31N3. The van der Waals surface area contributed by atoms with Crippen molar-refractivity contribution < 1.29 is 0 Å². The quantitative estimate of drug-likeness (QED) is 0.837. The number of likely N-dealkylation sites (tertiary alicyclic amines) is 1. The summed E-state index contributed by atoms with van der Waals surface area (Å²) in [4.78, 5) is 7.28. The van der Waals surface area contributed by atoms with Gasteiger partial charge in [-0.15, -0.1) is 0 Å². The molecule has 21 heavy (non-hydrogen) atoms. The first-order valence-corrected chi connectivity index (χ1v) is 8.57. The van der Waals surface area contributed by atoms with Crippen LogP contribution in [0.4, 0.5) is 5.82 Å². The van der Waals surface area contributed by atoms with Crippen LogP contribution in [0.5, 0.6) is 0 Å². The maximum atomic E-state index is 4.62. The average Bonchev–Trinajstić information content (AvgIpc) is 2.48. The van der Waals surface area contributed by atoms with Crippen LogP contribution >= 0.6 is 0 Å². The van der Waals surface area contributed by atoms with Gasteiger partial charge < -0.3 is 5.32 Å². The lowest BCUT2D eigenvalue weighted by atomic mass is 9.94. The second kappa shape index (κ2) is 7.79. The van der Waals surface area contributed by atoms with Crippen LogP contribution in [0.25, 0.3) is 0 Å². The van der Waals surface area contributed by atoms with Crippen molar-refractivity contribution in [3.8, 4) is 0 Å². The van der Waals surface area contributed by atoms with E-state index in [4.69, 9.17) is 0 Å². The Hall–Kier alpha value is -1.09. The van der Waals surface area contributed by atoms with Gasteiger partial charge in [0, 0.05) is 30.4 Å². The molecule has 0 spiro atoms. The van der Waals surface area contributed by atoms with Gasteiger partial charge >= 0.3 is 0 Å². The van der Waals surface area contributed by atoms with Crippen LogP contribution in [0.3, 0.4) is 0 Å². The minimum Gasteiger partial charge on any atom is -0.367 e. The van der Waals surface area contributed by atoms with E-state index in [9.17, 15) is 0 Å². The Morgan fingerprint density at radius 2 is 2.14 bits per heavy atom. The predicted octanol–water partition coefficient (Wildman–Crippen LogP) is 4.48. The molecule has 1 aliphatic rings. The molecular weight excluding hydrogens is 258 g/mol. The van der Waals surface area contributed by atoms with E-state index in [0.717, 1.165) is 12.2 Å². The van der Waals surface area contributed by atoms with Crippen molar-refractivity contribution in [1.82, 2.24) is 9.88 Å². The smallest absolute Gasteiger partial charge is 0.130 e. The summed E-state index contributed by atoms with van der Waals surface area (Å²) in [7, 11) is 0. The fourth-order valence-corrected chi connectivity index (χ4v) is 3.17. The summed E-state index contributed by atoms with van der Waals surface area (Å²) in [6, 6.07) is 5.35. The number of pyridine rings is 1. The molecule has 3 heteroatoms. The third kappa shape index (κ3) is 4.44. The highest BCUT2D eigenvalue weighted by Gasteiger charge is 2.26. The SMILES string of the molecule is CC[C@H](C)Nc1ncccc1[C@H]1CCCCN1CC(C)C. The van der Waals surface area contributed by atoms with Crippen molar-refractivity contribution in [3.05, 3.63) is 23.9 Å². The van der Waals surface area contributed by atoms with Crippen molar-refractivity contribution in [3.63, 3.8) is 0 Å². The maximum Gasteiger partial charge on any atom is 0.130 e. The summed E-state index contributed by atoms with van der Waals surface area (Å²) in [6.45, 7) is 11.5. The summed E-state index contributed by atoms with van der Waals surface area (Å²) in [5, 5.41) is 3.59. The Balaban J connectivity index is 2.21. The van der Waals surface area contributed by atoms with Gasteiger partial charge in [0.2, 0.25) is 0 Å². The van der Waals surface area contributed by atoms with E-state index < -0.39 is 0 Å². The van der Waals surface area contributed by atoms with Gasteiger partial charge in [0.05, 0.1) is 0 Å². The molecule has 2 atom stereocenters. The summed E-state index contributed by atoms with van der Waals surface area (Å²) in [6.07, 6.45) is 6.95. The normalized spacial score (nSPS) is 21.5. The molecule has 2 heterocycles. The van der Waals surface area contributed by atoms with E-state index in [2.05, 4.69) is 55.0 Å². The van der Waals surface area contributed by atoms with Gasteiger partial charge in [-0.1, -0.05) is 33.3 Å². The number of hydrogen-bond acceptors (Lipinski definition) is 3. The van der Waals surface area contributed by atoms with E-state index in [1.807, 2.05) is 6.20 Å². The van der Waals surface area contributed by atoms with Gasteiger partial charge in [-0.2, -0.15) is 0 Å². The lowest BCUT2D eigenvalue weighted by molar-refractivity contribution is 0.132. The molecule has 2 rings (SSSR count). The van der Waals surface area contributed by atoms with Gasteiger partial charge in [0.1, 0.15) is 5.82 Å². The van der Waals surface area contributed by atoms with Crippen molar-refractivity contribution in [1.29, 1.82) is 0 Å². The zero-order valence-corrected chi connectivity index (χ0v) is 14.1. The van der Waals surface area contributed by atoms with Crippen molar-refractivity contribution in [2.24, 2.45) is 5.92 Å². The summed E-state index contributed by atoms with van der Waals surface area (Å²) in [5.41, 5.74) is 1.39. The van der Waals surface area contributed by atoms with Crippen molar-refractivity contribution in [2.45, 2.75) is 65.5 Å². The Bertz CT molecular complexity index is 430. The second-order valence-electron chi connectivity index (χ2n) is 6.80. The molecule has 1 saturated heterocycles. The third-order valence-electron chi connectivity index (χ3n) is 4.41. The number of hydrogen-bond donors (Lipinski definition) is 1. The lowest BCUT2D eigenvalue weighted by Gasteiger charge is -2.37. The number of aromatic nitrogens is 1. The minimum absolute atomic E-state index is 0.473. The van der Waals surface area contributed by atoms with Gasteiger partial charge in [0.15, 0.2) is 0 Å². The monoisotopic (exact) mass is 289 g/mol. The Morgan fingerprint density at radius 1 is 1.33 bits per heavy atom. The average molecular weight is 289 g/mol.